The topological polar surface area (TPSA) is 83.5 Å². The lowest BCUT2D eigenvalue weighted by molar-refractivity contribution is -0.902. The number of likely N-dealkylation sites (tertiary alicyclic amines) is 1. The molecule has 1 aliphatic heterocycles. The number of carbonyl (C=O) groups excluding carboxylic acids is 1. The lowest BCUT2D eigenvalue weighted by atomic mass is 10.1. The van der Waals surface area contributed by atoms with Crippen LogP contribution in [0, 0.1) is 9.85 Å². The maximum absolute atomic E-state index is 12.1. The number of hydrogen-bond acceptors (Lipinski definition) is 5. The van der Waals surface area contributed by atoms with Crippen molar-refractivity contribution in [3.63, 3.8) is 0 Å². The van der Waals surface area contributed by atoms with E-state index in [-0.39, 0.29) is 10.9 Å². The van der Waals surface area contributed by atoms with Crippen molar-refractivity contribution in [3.8, 4) is 9.85 Å². The van der Waals surface area contributed by atoms with E-state index in [0.29, 0.717) is 13.2 Å². The van der Waals surface area contributed by atoms with Crippen LogP contribution < -0.4 is 0 Å². The second-order valence-electron chi connectivity index (χ2n) is 9.25. The van der Waals surface area contributed by atoms with Gasteiger partial charge in [-0.3, -0.25) is 0 Å². The second-order valence-corrected chi connectivity index (χ2v) is 11.2. The summed E-state index contributed by atoms with van der Waals surface area (Å²) < 4.78 is 40.1. The molecule has 0 unspecified atom stereocenters. The number of unbranched alkanes of at least 4 members (excludes halogenated alkanes) is 9. The average Bonchev–Trinajstić information content (AvgIpc) is 3.30. The summed E-state index contributed by atoms with van der Waals surface area (Å²) in [7, 11) is -4.25. The predicted octanol–water partition coefficient (Wildman–Crippen LogP) is 6.05. The van der Waals surface area contributed by atoms with Crippen molar-refractivity contribution in [2.75, 3.05) is 32.8 Å². The minimum atomic E-state index is -4.25. The Kier molecular flexibility index (Phi) is 17.3. The lowest BCUT2D eigenvalue weighted by Crippen LogP contribution is -2.49. The second kappa shape index (κ2) is 19.0. The van der Waals surface area contributed by atoms with E-state index < -0.39 is 10.1 Å². The Bertz CT molecular complexity index is 859. The quantitative estimate of drug-likeness (QED) is 0.0597. The van der Waals surface area contributed by atoms with E-state index in [0.717, 1.165) is 30.5 Å². The van der Waals surface area contributed by atoms with E-state index in [1.54, 1.807) is 6.07 Å². The van der Waals surface area contributed by atoms with Gasteiger partial charge in [0.25, 0.3) is 0 Å². The molecule has 1 aromatic carbocycles. The highest BCUT2D eigenvalue weighted by atomic mass is 127. The van der Waals surface area contributed by atoms with Gasteiger partial charge in [0.1, 0.15) is 16.7 Å². The van der Waals surface area contributed by atoms with Crippen LogP contribution in [0.2, 0.25) is 0 Å². The van der Waals surface area contributed by atoms with Crippen molar-refractivity contribution >= 4 is 38.7 Å². The molecular weight excluding hydrogens is 577 g/mol. The normalized spacial score (nSPS) is 14.4. The van der Waals surface area contributed by atoms with Crippen LogP contribution in [0.4, 0.5) is 0 Å². The maximum Gasteiger partial charge on any atom is 0.361 e. The predicted molar refractivity (Wildman–Crippen MR) is 148 cm³/mol. The van der Waals surface area contributed by atoms with Crippen LogP contribution in [0.15, 0.2) is 35.2 Å². The SMILES string of the molecule is CCCCCCCCCCCCOC(=O)C[N+]1(CC#CI)CCCC1.O=S(=O)([O-])c1ccccc1. The Balaban J connectivity index is 0.000000507. The smallest absolute Gasteiger partial charge is 0.361 e. The van der Waals surface area contributed by atoms with Gasteiger partial charge in [0.15, 0.2) is 6.54 Å². The molecule has 6 nitrogen and oxygen atoms in total. The maximum atomic E-state index is 12.1. The molecule has 0 N–H and O–H groups in total. The Morgan fingerprint density at radius 2 is 1.51 bits per heavy atom. The van der Waals surface area contributed by atoms with Crippen LogP contribution in [-0.2, 0) is 19.6 Å². The molecule has 0 bridgehead atoms. The number of quaternary nitrogens is 1. The molecule has 1 heterocycles. The summed E-state index contributed by atoms with van der Waals surface area (Å²) in [5.41, 5.74) is 0. The third-order valence-corrected chi connectivity index (χ3v) is 7.48. The van der Waals surface area contributed by atoms with Gasteiger partial charge in [-0.05, 0) is 28.4 Å². The summed E-state index contributed by atoms with van der Waals surface area (Å²) in [6.45, 7) is 6.28. The van der Waals surface area contributed by atoms with Crippen LogP contribution in [0.3, 0.4) is 0 Å². The molecule has 8 heteroatoms. The first-order valence-electron chi connectivity index (χ1n) is 12.9. The van der Waals surface area contributed by atoms with E-state index in [1.165, 1.54) is 94.9 Å². The van der Waals surface area contributed by atoms with Crippen LogP contribution >= 0.6 is 22.6 Å². The summed E-state index contributed by atoms with van der Waals surface area (Å²) in [4.78, 5) is 12.0. The number of esters is 1. The highest BCUT2D eigenvalue weighted by Crippen LogP contribution is 2.19. The standard InChI is InChI=1S/C21H37INO2.C6H6O3S/c1-2-3-4-5-6-7-8-9-10-13-19-25-21(24)20-23(18-14-15-22)16-11-12-17-23;7-10(8,9)6-4-2-1-3-5-6/h2-13,16-20H2,1H3;1-5H,(H,7,8,9)/q+1;/p-1. The van der Waals surface area contributed by atoms with E-state index in [1.807, 2.05) is 0 Å². The zero-order chi connectivity index (χ0) is 25.8. The van der Waals surface area contributed by atoms with Crippen molar-refractivity contribution in [2.24, 2.45) is 0 Å². The molecule has 1 saturated heterocycles. The summed E-state index contributed by atoms with van der Waals surface area (Å²) in [6.07, 6.45) is 15.5. The van der Waals surface area contributed by atoms with Crippen LogP contribution in [-0.4, -0.2) is 56.2 Å². The minimum absolute atomic E-state index is 0.0342. The third kappa shape index (κ3) is 15.5. The molecule has 1 aromatic rings. The van der Waals surface area contributed by atoms with Crippen LogP contribution in [0.25, 0.3) is 0 Å². The number of benzene rings is 1. The molecule has 2 rings (SSSR count). The van der Waals surface area contributed by atoms with Gasteiger partial charge >= 0.3 is 5.97 Å². The zero-order valence-corrected chi connectivity index (χ0v) is 24.2. The summed E-state index contributed by atoms with van der Waals surface area (Å²) in [5, 5.41) is 0. The Labute approximate surface area is 226 Å². The molecule has 0 aromatic heterocycles. The van der Waals surface area contributed by atoms with Gasteiger partial charge in [-0.25, -0.2) is 13.2 Å². The highest BCUT2D eigenvalue weighted by Gasteiger charge is 2.34. The molecule has 0 radical (unpaired) electrons. The van der Waals surface area contributed by atoms with E-state index >= 15 is 0 Å². The first-order chi connectivity index (χ1) is 16.8. The molecule has 1 aliphatic rings. The minimum Gasteiger partial charge on any atom is -0.744 e. The fraction of sp³-hybridized carbons (Fsp3) is 0.667. The Morgan fingerprint density at radius 1 is 0.971 bits per heavy atom. The van der Waals surface area contributed by atoms with Gasteiger partial charge in [-0.1, -0.05) is 82.9 Å². The van der Waals surface area contributed by atoms with Crippen molar-refractivity contribution in [1.29, 1.82) is 0 Å². The monoisotopic (exact) mass is 619 g/mol. The van der Waals surface area contributed by atoms with Crippen molar-refractivity contribution in [1.82, 2.24) is 0 Å². The van der Waals surface area contributed by atoms with Gasteiger partial charge in [-0.2, -0.15) is 0 Å². The van der Waals surface area contributed by atoms with Crippen molar-refractivity contribution in [2.45, 2.75) is 88.9 Å². The Hall–Kier alpha value is -1.15. The first-order valence-corrected chi connectivity index (χ1v) is 15.4. The van der Waals surface area contributed by atoms with E-state index in [2.05, 4.69) is 39.4 Å². The van der Waals surface area contributed by atoms with Crippen molar-refractivity contribution < 1.29 is 27.0 Å². The average molecular weight is 620 g/mol. The fourth-order valence-corrected chi connectivity index (χ4v) is 4.92. The summed E-state index contributed by atoms with van der Waals surface area (Å²) in [6, 6.07) is 7.19. The lowest BCUT2D eigenvalue weighted by Gasteiger charge is -2.30. The number of nitrogens with zero attached hydrogens (tertiary/aromatic N) is 1. The third-order valence-electron chi connectivity index (χ3n) is 6.25. The van der Waals surface area contributed by atoms with E-state index in [4.69, 9.17) is 4.74 Å². The van der Waals surface area contributed by atoms with Gasteiger partial charge in [0.05, 0.1) is 24.6 Å². The molecule has 0 saturated carbocycles. The molecule has 0 atom stereocenters. The number of rotatable bonds is 15. The largest absolute Gasteiger partial charge is 0.744 e. The number of halogens is 1. The molecule has 198 valence electrons. The van der Waals surface area contributed by atoms with Crippen LogP contribution in [0.5, 0.6) is 0 Å². The fourth-order valence-electron chi connectivity index (χ4n) is 4.26. The van der Waals surface area contributed by atoms with Gasteiger partial charge < -0.3 is 13.8 Å². The van der Waals surface area contributed by atoms with Gasteiger partial charge in [0, 0.05) is 35.4 Å². The molecule has 35 heavy (non-hydrogen) atoms. The Morgan fingerprint density at radius 3 is 2.00 bits per heavy atom. The van der Waals surface area contributed by atoms with Crippen molar-refractivity contribution in [3.05, 3.63) is 30.3 Å². The highest BCUT2D eigenvalue weighted by molar-refractivity contribution is 14.1. The molecular formula is C27H42INO5S. The number of hydrogen-bond donors (Lipinski definition) is 0. The molecule has 0 aliphatic carbocycles. The summed E-state index contributed by atoms with van der Waals surface area (Å²) in [5.74, 6) is 3.12. The molecule has 0 spiro atoms. The number of ether oxygens (including phenoxy) is 1. The van der Waals surface area contributed by atoms with E-state index in [9.17, 15) is 17.8 Å². The van der Waals surface area contributed by atoms with Gasteiger partial charge in [0.2, 0.25) is 0 Å². The zero-order valence-electron chi connectivity index (χ0n) is 21.2. The molecule has 1 fully saturated rings. The number of carbonyl (C=O) groups is 1. The first kappa shape index (κ1) is 31.9. The van der Waals surface area contributed by atoms with Gasteiger partial charge in [-0.15, -0.1) is 0 Å². The van der Waals surface area contributed by atoms with Crippen LogP contribution in [0.1, 0.15) is 84.0 Å². The summed E-state index contributed by atoms with van der Waals surface area (Å²) >= 11 is 2.08. The molecule has 0 amide bonds.